The van der Waals surface area contributed by atoms with Gasteiger partial charge in [0.2, 0.25) is 0 Å². The third-order valence-electron chi connectivity index (χ3n) is 2.36. The number of hydrogen-bond donors (Lipinski definition) is 2. The van der Waals surface area contributed by atoms with Crippen molar-refractivity contribution in [2.45, 2.75) is 19.5 Å². The summed E-state index contributed by atoms with van der Waals surface area (Å²) in [4.78, 5) is 6.04. The summed E-state index contributed by atoms with van der Waals surface area (Å²) >= 11 is 0. The van der Waals surface area contributed by atoms with Crippen LogP contribution in [0.5, 0.6) is 0 Å². The van der Waals surface area contributed by atoms with E-state index in [0.717, 1.165) is 5.56 Å². The largest absolute Gasteiger partial charge is 0.395 e. The first-order valence-electron chi connectivity index (χ1n) is 4.65. The lowest BCUT2D eigenvalue weighted by Crippen LogP contribution is -2.31. The van der Waals surface area contributed by atoms with E-state index in [1.807, 2.05) is 31.0 Å². The van der Waals surface area contributed by atoms with E-state index in [2.05, 4.69) is 4.98 Å². The Balaban J connectivity index is 2.64. The number of pyridine rings is 1. The molecule has 0 aliphatic rings. The van der Waals surface area contributed by atoms with E-state index in [0.29, 0.717) is 12.4 Å². The Labute approximate surface area is 84.4 Å². The Morgan fingerprint density at radius 3 is 2.93 bits per heavy atom. The van der Waals surface area contributed by atoms with Crippen molar-refractivity contribution in [3.8, 4) is 0 Å². The maximum atomic E-state index is 8.96. The summed E-state index contributed by atoms with van der Waals surface area (Å²) in [5, 5.41) is 8.96. The molecule has 4 nitrogen and oxygen atoms in total. The molecule has 0 aliphatic heterocycles. The molecule has 1 atom stereocenters. The number of nitrogen functional groups attached to an aromatic ring is 1. The van der Waals surface area contributed by atoms with Crippen LogP contribution in [0.4, 0.5) is 5.82 Å². The SMILES string of the molecule is CC(CO)N(C)Cc1cccnc1N. The quantitative estimate of drug-likeness (QED) is 0.733. The van der Waals surface area contributed by atoms with Crippen molar-refractivity contribution in [3.63, 3.8) is 0 Å². The Hall–Kier alpha value is -1.13. The molecule has 1 aromatic heterocycles. The molecule has 3 N–H and O–H groups in total. The second-order valence-electron chi connectivity index (χ2n) is 3.49. The van der Waals surface area contributed by atoms with E-state index in [1.54, 1.807) is 6.20 Å². The van der Waals surface area contributed by atoms with Crippen LogP contribution < -0.4 is 5.73 Å². The Kier molecular flexibility index (Phi) is 3.85. The van der Waals surface area contributed by atoms with Gasteiger partial charge in [0, 0.05) is 24.3 Å². The number of aliphatic hydroxyl groups is 1. The van der Waals surface area contributed by atoms with Gasteiger partial charge in [-0.1, -0.05) is 6.07 Å². The highest BCUT2D eigenvalue weighted by atomic mass is 16.3. The zero-order valence-corrected chi connectivity index (χ0v) is 8.64. The van der Waals surface area contributed by atoms with Crippen LogP contribution in [-0.2, 0) is 6.54 Å². The smallest absolute Gasteiger partial charge is 0.127 e. The molecule has 78 valence electrons. The number of likely N-dealkylation sites (N-methyl/N-ethyl adjacent to an activating group) is 1. The van der Waals surface area contributed by atoms with E-state index < -0.39 is 0 Å². The van der Waals surface area contributed by atoms with Crippen molar-refractivity contribution in [1.82, 2.24) is 9.88 Å². The van der Waals surface area contributed by atoms with Gasteiger partial charge < -0.3 is 10.8 Å². The average Bonchev–Trinajstić information content (AvgIpc) is 2.20. The lowest BCUT2D eigenvalue weighted by atomic mass is 10.2. The zero-order chi connectivity index (χ0) is 10.6. The Bertz CT molecular complexity index is 290. The van der Waals surface area contributed by atoms with Crippen molar-refractivity contribution in [2.75, 3.05) is 19.4 Å². The lowest BCUT2D eigenvalue weighted by Gasteiger charge is -2.23. The molecule has 0 aliphatic carbocycles. The van der Waals surface area contributed by atoms with Gasteiger partial charge >= 0.3 is 0 Å². The minimum atomic E-state index is 0.134. The van der Waals surface area contributed by atoms with Crippen LogP contribution in [0, 0.1) is 0 Å². The molecule has 4 heteroatoms. The van der Waals surface area contributed by atoms with Crippen molar-refractivity contribution in [3.05, 3.63) is 23.9 Å². The number of rotatable bonds is 4. The highest BCUT2D eigenvalue weighted by molar-refractivity contribution is 5.38. The zero-order valence-electron chi connectivity index (χ0n) is 8.64. The molecule has 0 bridgehead atoms. The fourth-order valence-corrected chi connectivity index (χ4v) is 1.15. The van der Waals surface area contributed by atoms with Crippen LogP contribution in [0.3, 0.4) is 0 Å². The van der Waals surface area contributed by atoms with Crippen LogP contribution in [0.15, 0.2) is 18.3 Å². The first-order valence-corrected chi connectivity index (χ1v) is 4.65. The number of hydrogen-bond acceptors (Lipinski definition) is 4. The predicted octanol–water partition coefficient (Wildman–Crippen LogP) is 0.476. The van der Waals surface area contributed by atoms with Gasteiger partial charge in [-0.15, -0.1) is 0 Å². The van der Waals surface area contributed by atoms with Crippen LogP contribution in [0.25, 0.3) is 0 Å². The molecule has 0 spiro atoms. The van der Waals surface area contributed by atoms with Gasteiger partial charge in [0.05, 0.1) is 6.61 Å². The van der Waals surface area contributed by atoms with Gasteiger partial charge in [-0.05, 0) is 20.0 Å². The summed E-state index contributed by atoms with van der Waals surface area (Å²) in [6, 6.07) is 3.95. The molecule has 0 saturated carbocycles. The molecule has 0 fully saturated rings. The van der Waals surface area contributed by atoms with Crippen molar-refractivity contribution in [1.29, 1.82) is 0 Å². The molecule has 0 aromatic carbocycles. The first-order chi connectivity index (χ1) is 6.65. The minimum Gasteiger partial charge on any atom is -0.395 e. The molecule has 14 heavy (non-hydrogen) atoms. The van der Waals surface area contributed by atoms with Crippen molar-refractivity contribution in [2.24, 2.45) is 0 Å². The molecule has 1 rings (SSSR count). The fraction of sp³-hybridized carbons (Fsp3) is 0.500. The van der Waals surface area contributed by atoms with E-state index in [1.165, 1.54) is 0 Å². The van der Waals surface area contributed by atoms with Gasteiger partial charge in [-0.3, -0.25) is 4.90 Å². The predicted molar refractivity (Wildman–Crippen MR) is 56.7 cm³/mol. The summed E-state index contributed by atoms with van der Waals surface area (Å²) in [7, 11) is 1.95. The summed E-state index contributed by atoms with van der Waals surface area (Å²) in [6.45, 7) is 2.82. The molecule has 0 saturated heterocycles. The molecule has 1 heterocycles. The van der Waals surface area contributed by atoms with Crippen LogP contribution >= 0.6 is 0 Å². The fourth-order valence-electron chi connectivity index (χ4n) is 1.15. The number of anilines is 1. The lowest BCUT2D eigenvalue weighted by molar-refractivity contribution is 0.154. The molecule has 1 aromatic rings. The van der Waals surface area contributed by atoms with Gasteiger partial charge in [0.1, 0.15) is 5.82 Å². The van der Waals surface area contributed by atoms with E-state index in [4.69, 9.17) is 10.8 Å². The minimum absolute atomic E-state index is 0.134. The summed E-state index contributed by atoms with van der Waals surface area (Å²) < 4.78 is 0. The summed E-state index contributed by atoms with van der Waals surface area (Å²) in [5.41, 5.74) is 6.71. The second kappa shape index (κ2) is 4.93. The van der Waals surface area contributed by atoms with Crippen molar-refractivity contribution < 1.29 is 5.11 Å². The van der Waals surface area contributed by atoms with Gasteiger partial charge in [0.25, 0.3) is 0 Å². The van der Waals surface area contributed by atoms with Gasteiger partial charge in [-0.25, -0.2) is 4.98 Å². The van der Waals surface area contributed by atoms with Crippen LogP contribution in [-0.4, -0.2) is 34.7 Å². The molecule has 0 amide bonds. The third kappa shape index (κ3) is 2.68. The molecule has 1 unspecified atom stereocenters. The number of nitrogens with zero attached hydrogens (tertiary/aromatic N) is 2. The van der Waals surface area contributed by atoms with E-state index >= 15 is 0 Å². The molecule has 0 radical (unpaired) electrons. The molecular formula is C10H17N3O. The highest BCUT2D eigenvalue weighted by Gasteiger charge is 2.09. The number of aliphatic hydroxyl groups excluding tert-OH is 1. The van der Waals surface area contributed by atoms with E-state index in [9.17, 15) is 0 Å². The molecular weight excluding hydrogens is 178 g/mol. The van der Waals surface area contributed by atoms with Crippen LogP contribution in [0.1, 0.15) is 12.5 Å². The Morgan fingerprint density at radius 1 is 1.64 bits per heavy atom. The topological polar surface area (TPSA) is 62.4 Å². The van der Waals surface area contributed by atoms with E-state index in [-0.39, 0.29) is 12.6 Å². The first kappa shape index (κ1) is 10.9. The van der Waals surface area contributed by atoms with Gasteiger partial charge in [0.15, 0.2) is 0 Å². The summed E-state index contributed by atoms with van der Waals surface area (Å²) in [6.07, 6.45) is 1.67. The average molecular weight is 195 g/mol. The number of nitrogens with two attached hydrogens (primary N) is 1. The second-order valence-corrected chi connectivity index (χ2v) is 3.49. The number of aromatic nitrogens is 1. The Morgan fingerprint density at radius 2 is 2.36 bits per heavy atom. The summed E-state index contributed by atoms with van der Waals surface area (Å²) in [5.74, 6) is 0.560. The monoisotopic (exact) mass is 195 g/mol. The van der Waals surface area contributed by atoms with Crippen molar-refractivity contribution >= 4 is 5.82 Å². The highest BCUT2D eigenvalue weighted by Crippen LogP contribution is 2.10. The maximum Gasteiger partial charge on any atom is 0.127 e. The van der Waals surface area contributed by atoms with Crippen LogP contribution in [0.2, 0.25) is 0 Å². The maximum absolute atomic E-state index is 8.96. The normalized spacial score (nSPS) is 13.1. The third-order valence-corrected chi connectivity index (χ3v) is 2.36. The standard InChI is InChI=1S/C10H17N3O/c1-8(7-14)13(2)6-9-4-3-5-12-10(9)11/h3-5,8,14H,6-7H2,1-2H3,(H2,11,12). The van der Waals surface area contributed by atoms with Gasteiger partial charge in [-0.2, -0.15) is 0 Å².